The molecule has 1 amide bonds. The van der Waals surface area contributed by atoms with Gasteiger partial charge in [0.25, 0.3) is 0 Å². The lowest BCUT2D eigenvalue weighted by Gasteiger charge is -2.18. The van der Waals surface area contributed by atoms with Gasteiger partial charge in [0.2, 0.25) is 15.9 Å². The Balaban J connectivity index is 3.24. The fraction of sp³-hybridized carbons (Fsp3) is 0.467. The van der Waals surface area contributed by atoms with Gasteiger partial charge in [-0.3, -0.25) is 9.59 Å². The number of sulfonamides is 1. The Labute approximate surface area is 141 Å². The third kappa shape index (κ3) is 5.50. The Bertz CT molecular complexity index is 715. The van der Waals surface area contributed by atoms with E-state index in [0.717, 1.165) is 0 Å². The Kier molecular flexibility index (Phi) is 6.73. The molecule has 0 aliphatic rings. The summed E-state index contributed by atoms with van der Waals surface area (Å²) in [6.07, 6.45) is 0.141. The summed E-state index contributed by atoms with van der Waals surface area (Å²) in [5, 5.41) is 11.7. The minimum Gasteiger partial charge on any atom is -0.495 e. The zero-order valence-electron chi connectivity index (χ0n) is 14.0. The molecule has 24 heavy (non-hydrogen) atoms. The van der Waals surface area contributed by atoms with Crippen molar-refractivity contribution in [2.45, 2.75) is 38.1 Å². The van der Waals surface area contributed by atoms with Gasteiger partial charge in [-0.1, -0.05) is 13.8 Å². The fourth-order valence-electron chi connectivity index (χ4n) is 2.09. The van der Waals surface area contributed by atoms with Crippen molar-refractivity contribution in [2.24, 2.45) is 5.92 Å². The smallest absolute Gasteiger partial charge is 0.321 e. The highest BCUT2D eigenvalue weighted by Gasteiger charge is 2.28. The lowest BCUT2D eigenvalue weighted by atomic mass is 10.1. The number of rotatable bonds is 8. The number of aliphatic carboxylic acids is 1. The van der Waals surface area contributed by atoms with E-state index in [4.69, 9.17) is 4.74 Å². The summed E-state index contributed by atoms with van der Waals surface area (Å²) >= 11 is 0. The van der Waals surface area contributed by atoms with Crippen LogP contribution < -0.4 is 14.8 Å². The maximum Gasteiger partial charge on any atom is 0.321 e. The summed E-state index contributed by atoms with van der Waals surface area (Å²) in [5.74, 6) is -1.59. The van der Waals surface area contributed by atoms with Gasteiger partial charge < -0.3 is 15.2 Å². The molecular formula is C15H22N2O6S. The van der Waals surface area contributed by atoms with Crippen molar-refractivity contribution in [3.63, 3.8) is 0 Å². The van der Waals surface area contributed by atoms with E-state index in [2.05, 4.69) is 10.0 Å². The number of ether oxygens (including phenoxy) is 1. The van der Waals surface area contributed by atoms with Crippen LogP contribution in [-0.2, 0) is 19.6 Å². The average Bonchev–Trinajstić information content (AvgIpc) is 2.45. The van der Waals surface area contributed by atoms with Gasteiger partial charge in [-0.15, -0.1) is 0 Å². The minimum atomic E-state index is -4.16. The molecule has 0 aromatic heterocycles. The number of benzene rings is 1. The average molecular weight is 358 g/mol. The first-order chi connectivity index (χ1) is 11.1. The maximum absolute atomic E-state index is 12.6. The standard InChI is InChI=1S/C15H22N2O6S/c1-9(2)7-12(15(19)20)17-24(21,22)14-8-11(16-10(3)18)5-6-13(14)23-4/h5-6,8-9,12,17H,7H2,1-4H3,(H,16,18)(H,19,20). The summed E-state index contributed by atoms with van der Waals surface area (Å²) in [6.45, 7) is 4.88. The summed E-state index contributed by atoms with van der Waals surface area (Å²) in [6, 6.07) is 2.83. The van der Waals surface area contributed by atoms with Crippen LogP contribution in [0.1, 0.15) is 27.2 Å². The van der Waals surface area contributed by atoms with Crippen molar-refractivity contribution < 1.29 is 27.9 Å². The van der Waals surface area contributed by atoms with E-state index < -0.39 is 22.0 Å². The molecule has 1 atom stereocenters. The van der Waals surface area contributed by atoms with Crippen molar-refractivity contribution in [2.75, 3.05) is 12.4 Å². The highest BCUT2D eigenvalue weighted by molar-refractivity contribution is 7.89. The van der Waals surface area contributed by atoms with Crippen molar-refractivity contribution >= 4 is 27.6 Å². The topological polar surface area (TPSA) is 122 Å². The van der Waals surface area contributed by atoms with Gasteiger partial charge >= 0.3 is 5.97 Å². The first-order valence-electron chi connectivity index (χ1n) is 7.27. The van der Waals surface area contributed by atoms with Crippen LogP contribution in [0.2, 0.25) is 0 Å². The van der Waals surface area contributed by atoms with Crippen molar-refractivity contribution in [3.05, 3.63) is 18.2 Å². The van der Waals surface area contributed by atoms with Gasteiger partial charge in [-0.05, 0) is 30.5 Å². The summed E-state index contributed by atoms with van der Waals surface area (Å²) < 4.78 is 32.4. The molecule has 0 bridgehead atoms. The number of hydrogen-bond acceptors (Lipinski definition) is 5. The fourth-order valence-corrected chi connectivity index (χ4v) is 3.49. The highest BCUT2D eigenvalue weighted by Crippen LogP contribution is 2.27. The third-order valence-electron chi connectivity index (χ3n) is 3.08. The van der Waals surface area contributed by atoms with E-state index in [-0.39, 0.29) is 34.6 Å². The van der Waals surface area contributed by atoms with Gasteiger partial charge in [-0.2, -0.15) is 4.72 Å². The summed E-state index contributed by atoms with van der Waals surface area (Å²) in [4.78, 5) is 22.2. The molecule has 0 spiro atoms. The summed E-state index contributed by atoms with van der Waals surface area (Å²) in [7, 11) is -2.86. The van der Waals surface area contributed by atoms with E-state index >= 15 is 0 Å². The number of methoxy groups -OCH3 is 1. The Morgan fingerprint density at radius 2 is 1.92 bits per heavy atom. The van der Waals surface area contributed by atoms with E-state index in [1.54, 1.807) is 13.8 Å². The summed E-state index contributed by atoms with van der Waals surface area (Å²) in [5.41, 5.74) is 0.263. The number of carboxylic acids is 1. The van der Waals surface area contributed by atoms with Crippen LogP contribution in [-0.4, -0.2) is 38.6 Å². The molecular weight excluding hydrogens is 336 g/mol. The normalized spacial score (nSPS) is 12.7. The number of carbonyl (C=O) groups excluding carboxylic acids is 1. The largest absolute Gasteiger partial charge is 0.495 e. The van der Waals surface area contributed by atoms with E-state index in [1.165, 1.54) is 32.2 Å². The molecule has 1 aromatic rings. The molecule has 0 saturated carbocycles. The van der Waals surface area contributed by atoms with Crippen molar-refractivity contribution in [1.82, 2.24) is 4.72 Å². The number of carbonyl (C=O) groups is 2. The third-order valence-corrected chi connectivity index (χ3v) is 4.57. The van der Waals surface area contributed by atoms with Crippen LogP contribution >= 0.6 is 0 Å². The second-order valence-corrected chi connectivity index (χ2v) is 7.37. The molecule has 0 radical (unpaired) electrons. The molecule has 0 saturated heterocycles. The SMILES string of the molecule is COc1ccc(NC(C)=O)cc1S(=O)(=O)NC(CC(C)C)C(=O)O. The van der Waals surface area contributed by atoms with E-state index in [0.29, 0.717) is 0 Å². The molecule has 8 nitrogen and oxygen atoms in total. The number of anilines is 1. The van der Waals surface area contributed by atoms with Gasteiger partial charge in [0.15, 0.2) is 0 Å². The number of carboxylic acid groups (broad SMARTS) is 1. The molecule has 1 rings (SSSR count). The Morgan fingerprint density at radius 3 is 2.38 bits per heavy atom. The predicted molar refractivity (Wildman–Crippen MR) is 88.5 cm³/mol. The zero-order valence-corrected chi connectivity index (χ0v) is 14.8. The molecule has 1 aromatic carbocycles. The zero-order chi connectivity index (χ0) is 18.5. The first-order valence-corrected chi connectivity index (χ1v) is 8.76. The molecule has 0 aliphatic carbocycles. The van der Waals surface area contributed by atoms with Crippen LogP contribution in [0.3, 0.4) is 0 Å². The Morgan fingerprint density at radius 1 is 1.29 bits per heavy atom. The van der Waals surface area contributed by atoms with Gasteiger partial charge in [0.1, 0.15) is 16.7 Å². The number of nitrogens with one attached hydrogen (secondary N) is 2. The van der Waals surface area contributed by atoms with Crippen LogP contribution in [0, 0.1) is 5.92 Å². The molecule has 3 N–H and O–H groups in total. The van der Waals surface area contributed by atoms with Crippen LogP contribution in [0.4, 0.5) is 5.69 Å². The molecule has 134 valence electrons. The predicted octanol–water partition coefficient (Wildman–Crippen LogP) is 1.43. The molecule has 1 unspecified atom stereocenters. The molecule has 0 heterocycles. The second-order valence-electron chi connectivity index (χ2n) is 5.69. The van der Waals surface area contributed by atoms with E-state index in [9.17, 15) is 23.1 Å². The monoisotopic (exact) mass is 358 g/mol. The minimum absolute atomic E-state index is 0.0126. The van der Waals surface area contributed by atoms with Crippen LogP contribution in [0.5, 0.6) is 5.75 Å². The molecule has 0 aliphatic heterocycles. The highest BCUT2D eigenvalue weighted by atomic mass is 32.2. The number of hydrogen-bond donors (Lipinski definition) is 3. The Hall–Kier alpha value is -2.13. The first kappa shape index (κ1) is 19.9. The number of amides is 1. The van der Waals surface area contributed by atoms with Crippen molar-refractivity contribution in [1.29, 1.82) is 0 Å². The van der Waals surface area contributed by atoms with Crippen molar-refractivity contribution in [3.8, 4) is 5.75 Å². The van der Waals surface area contributed by atoms with Crippen LogP contribution in [0.25, 0.3) is 0 Å². The van der Waals surface area contributed by atoms with Gasteiger partial charge in [0, 0.05) is 12.6 Å². The van der Waals surface area contributed by atoms with Gasteiger partial charge in [-0.25, -0.2) is 8.42 Å². The lowest BCUT2D eigenvalue weighted by Crippen LogP contribution is -2.41. The second kappa shape index (κ2) is 8.11. The van der Waals surface area contributed by atoms with Crippen LogP contribution in [0.15, 0.2) is 23.1 Å². The van der Waals surface area contributed by atoms with Gasteiger partial charge in [0.05, 0.1) is 7.11 Å². The quantitative estimate of drug-likeness (QED) is 0.646. The molecule has 9 heteroatoms. The lowest BCUT2D eigenvalue weighted by molar-refractivity contribution is -0.139. The van der Waals surface area contributed by atoms with E-state index in [1.807, 2.05) is 0 Å². The molecule has 0 fully saturated rings. The maximum atomic E-state index is 12.6.